The second-order valence-corrected chi connectivity index (χ2v) is 5.33. The first-order chi connectivity index (χ1) is 7.43. The van der Waals surface area contributed by atoms with Crippen LogP contribution in [0, 0.1) is 0 Å². The Kier molecular flexibility index (Phi) is 7.33. The molecule has 5 nitrogen and oxygen atoms in total. The molecule has 0 spiro atoms. The van der Waals surface area contributed by atoms with Crippen molar-refractivity contribution in [3.05, 3.63) is 0 Å². The normalized spacial score (nSPS) is 13.4. The van der Waals surface area contributed by atoms with Gasteiger partial charge in [-0.25, -0.2) is 0 Å². The minimum Gasteiger partial charge on any atom is -0.468 e. The van der Waals surface area contributed by atoms with Crippen molar-refractivity contribution in [3.8, 4) is 0 Å². The smallest absolute Gasteiger partial charge is 0.326 e. The molecule has 0 rings (SSSR count). The van der Waals surface area contributed by atoms with E-state index in [9.17, 15) is 13.2 Å². The molecule has 0 aliphatic carbocycles. The molecule has 0 fully saturated rings. The molecule has 0 aromatic carbocycles. The molecule has 0 saturated carbocycles. The number of carbonyl (C=O) groups is 1. The van der Waals surface area contributed by atoms with Crippen LogP contribution in [0.25, 0.3) is 0 Å². The van der Waals surface area contributed by atoms with E-state index in [1.165, 1.54) is 0 Å². The summed E-state index contributed by atoms with van der Waals surface area (Å²) < 4.78 is 35.0. The Labute approximate surface area is 96.9 Å². The van der Waals surface area contributed by atoms with Gasteiger partial charge in [-0.2, -0.15) is 8.42 Å². The monoisotopic (exact) mass is 252 g/mol. The van der Waals surface area contributed by atoms with E-state index in [4.69, 9.17) is 4.55 Å². The van der Waals surface area contributed by atoms with Crippen LogP contribution in [0.1, 0.15) is 45.4 Å². The highest BCUT2D eigenvalue weighted by molar-refractivity contribution is 7.87. The van der Waals surface area contributed by atoms with E-state index in [2.05, 4.69) is 11.7 Å². The van der Waals surface area contributed by atoms with Gasteiger partial charge in [0.1, 0.15) is 0 Å². The lowest BCUT2D eigenvalue weighted by Gasteiger charge is -2.10. The molecular weight excluding hydrogens is 232 g/mol. The summed E-state index contributed by atoms with van der Waals surface area (Å²) in [5.41, 5.74) is 0. The van der Waals surface area contributed by atoms with Crippen molar-refractivity contribution in [2.45, 2.75) is 50.7 Å². The number of hydrogen-bond donors (Lipinski definition) is 1. The molecule has 0 aromatic rings. The Hall–Kier alpha value is -0.620. The number of hydrogen-bond acceptors (Lipinski definition) is 4. The standard InChI is InChI=1S/C10H20O5S/c1-3-4-5-6-7-8-9(10(11)15-2)16(12,13)14/h9H,3-8H2,1-2H3,(H,12,13,14). The zero-order valence-corrected chi connectivity index (χ0v) is 10.6. The van der Waals surface area contributed by atoms with E-state index in [1.54, 1.807) is 0 Å². The van der Waals surface area contributed by atoms with E-state index in [0.717, 1.165) is 32.8 Å². The minimum atomic E-state index is -4.34. The van der Waals surface area contributed by atoms with Gasteiger partial charge in [0.05, 0.1) is 7.11 Å². The summed E-state index contributed by atoms with van der Waals surface area (Å²) in [6.07, 6.45) is 4.77. The molecular formula is C10H20O5S. The summed E-state index contributed by atoms with van der Waals surface area (Å²) in [7, 11) is -3.23. The summed E-state index contributed by atoms with van der Waals surface area (Å²) in [5, 5.41) is -1.43. The number of esters is 1. The van der Waals surface area contributed by atoms with Gasteiger partial charge in [-0.15, -0.1) is 0 Å². The quantitative estimate of drug-likeness (QED) is 0.404. The van der Waals surface area contributed by atoms with Crippen molar-refractivity contribution in [1.82, 2.24) is 0 Å². The average molecular weight is 252 g/mol. The van der Waals surface area contributed by atoms with Crippen LogP contribution in [0.15, 0.2) is 0 Å². The minimum absolute atomic E-state index is 0.120. The van der Waals surface area contributed by atoms with Gasteiger partial charge in [0, 0.05) is 0 Å². The van der Waals surface area contributed by atoms with E-state index < -0.39 is 21.3 Å². The average Bonchev–Trinajstić information content (AvgIpc) is 2.20. The number of rotatable bonds is 8. The predicted molar refractivity (Wildman–Crippen MR) is 60.7 cm³/mol. The maximum absolute atomic E-state index is 11.1. The van der Waals surface area contributed by atoms with Crippen molar-refractivity contribution in [1.29, 1.82) is 0 Å². The summed E-state index contributed by atoms with van der Waals surface area (Å²) in [5.74, 6) is -0.891. The van der Waals surface area contributed by atoms with Crippen molar-refractivity contribution in [3.63, 3.8) is 0 Å². The number of ether oxygens (including phenoxy) is 1. The number of unbranched alkanes of at least 4 members (excludes halogenated alkanes) is 4. The third kappa shape index (κ3) is 6.07. The summed E-state index contributed by atoms with van der Waals surface area (Å²) in [4.78, 5) is 11.1. The Morgan fingerprint density at radius 3 is 2.25 bits per heavy atom. The van der Waals surface area contributed by atoms with E-state index >= 15 is 0 Å². The highest BCUT2D eigenvalue weighted by atomic mass is 32.2. The molecule has 0 aliphatic heterocycles. The SMILES string of the molecule is CCCCCCCC(C(=O)OC)S(=O)(=O)O. The molecule has 1 unspecified atom stereocenters. The van der Waals surface area contributed by atoms with Gasteiger partial charge in [0.2, 0.25) is 0 Å². The second kappa shape index (κ2) is 7.62. The molecule has 0 bridgehead atoms. The molecule has 0 amide bonds. The van der Waals surface area contributed by atoms with Crippen molar-refractivity contribution in [2.75, 3.05) is 7.11 Å². The first-order valence-electron chi connectivity index (χ1n) is 5.47. The molecule has 0 aliphatic rings. The van der Waals surface area contributed by atoms with Crippen molar-refractivity contribution >= 4 is 16.1 Å². The fraction of sp³-hybridized carbons (Fsp3) is 0.900. The first-order valence-corrected chi connectivity index (χ1v) is 6.98. The number of carbonyl (C=O) groups excluding carboxylic acids is 1. The summed E-state index contributed by atoms with van der Waals surface area (Å²) in [6, 6.07) is 0. The second-order valence-electron chi connectivity index (χ2n) is 3.73. The fourth-order valence-corrected chi connectivity index (χ4v) is 2.26. The lowest BCUT2D eigenvalue weighted by Crippen LogP contribution is -2.30. The Bertz CT molecular complexity index is 296. The molecule has 1 atom stereocenters. The lowest BCUT2D eigenvalue weighted by molar-refractivity contribution is -0.140. The van der Waals surface area contributed by atoms with Gasteiger partial charge in [0.25, 0.3) is 10.1 Å². The van der Waals surface area contributed by atoms with E-state index in [0.29, 0.717) is 6.42 Å². The molecule has 0 heterocycles. The Morgan fingerprint density at radius 2 is 1.81 bits per heavy atom. The van der Waals surface area contributed by atoms with Crippen LogP contribution >= 0.6 is 0 Å². The third-order valence-corrected chi connectivity index (χ3v) is 3.54. The van der Waals surface area contributed by atoms with Crippen LogP contribution in [-0.2, 0) is 19.6 Å². The van der Waals surface area contributed by atoms with Gasteiger partial charge in [0.15, 0.2) is 5.25 Å². The van der Waals surface area contributed by atoms with E-state index in [-0.39, 0.29) is 6.42 Å². The van der Waals surface area contributed by atoms with Crippen LogP contribution in [-0.4, -0.2) is 31.3 Å². The summed E-state index contributed by atoms with van der Waals surface area (Å²) >= 11 is 0. The highest BCUT2D eigenvalue weighted by Gasteiger charge is 2.31. The summed E-state index contributed by atoms with van der Waals surface area (Å²) in [6.45, 7) is 2.08. The topological polar surface area (TPSA) is 80.7 Å². The zero-order chi connectivity index (χ0) is 12.6. The van der Waals surface area contributed by atoms with Gasteiger partial charge in [-0.05, 0) is 6.42 Å². The van der Waals surface area contributed by atoms with Crippen molar-refractivity contribution in [2.24, 2.45) is 0 Å². The first kappa shape index (κ1) is 15.4. The molecule has 0 radical (unpaired) electrons. The molecule has 96 valence electrons. The molecule has 0 aromatic heterocycles. The van der Waals surface area contributed by atoms with Crippen LogP contribution in [0.3, 0.4) is 0 Å². The zero-order valence-electron chi connectivity index (χ0n) is 9.81. The fourth-order valence-electron chi connectivity index (χ4n) is 1.45. The molecule has 6 heteroatoms. The predicted octanol–water partition coefficient (Wildman–Crippen LogP) is 1.78. The lowest BCUT2D eigenvalue weighted by atomic mass is 10.1. The largest absolute Gasteiger partial charge is 0.468 e. The Morgan fingerprint density at radius 1 is 1.25 bits per heavy atom. The molecule has 1 N–H and O–H groups in total. The maximum atomic E-state index is 11.1. The Balaban J connectivity index is 4.10. The van der Waals surface area contributed by atoms with Gasteiger partial charge in [-0.3, -0.25) is 9.35 Å². The van der Waals surface area contributed by atoms with Crippen LogP contribution in [0.4, 0.5) is 0 Å². The third-order valence-electron chi connectivity index (χ3n) is 2.39. The van der Waals surface area contributed by atoms with Gasteiger partial charge in [-0.1, -0.05) is 39.0 Å². The van der Waals surface area contributed by atoms with Crippen LogP contribution in [0.5, 0.6) is 0 Å². The number of methoxy groups -OCH3 is 1. The highest BCUT2D eigenvalue weighted by Crippen LogP contribution is 2.13. The molecule has 16 heavy (non-hydrogen) atoms. The molecule has 0 saturated heterocycles. The van der Waals surface area contributed by atoms with E-state index in [1.807, 2.05) is 0 Å². The van der Waals surface area contributed by atoms with Gasteiger partial charge >= 0.3 is 5.97 Å². The van der Waals surface area contributed by atoms with Crippen LogP contribution in [0.2, 0.25) is 0 Å². The maximum Gasteiger partial charge on any atom is 0.326 e. The van der Waals surface area contributed by atoms with Crippen molar-refractivity contribution < 1.29 is 22.5 Å². The van der Waals surface area contributed by atoms with Crippen LogP contribution < -0.4 is 0 Å². The van der Waals surface area contributed by atoms with Gasteiger partial charge < -0.3 is 4.74 Å².